The molecule has 0 saturated carbocycles. The number of aromatic nitrogens is 6. The van der Waals surface area contributed by atoms with E-state index in [1.807, 2.05) is 36.4 Å². The largest absolute Gasteiger partial charge is 0.420 e. The van der Waals surface area contributed by atoms with Crippen LogP contribution in [0.3, 0.4) is 0 Å². The molecule has 1 fully saturated rings. The summed E-state index contributed by atoms with van der Waals surface area (Å²) in [4.78, 5) is 19.9. The molecule has 4 aromatic heterocycles. The minimum absolute atomic E-state index is 0.409. The molecule has 1 aliphatic rings. The van der Waals surface area contributed by atoms with E-state index < -0.39 is 0 Å². The molecule has 0 aliphatic carbocycles. The number of benzene rings is 1. The van der Waals surface area contributed by atoms with Gasteiger partial charge in [-0.05, 0) is 43.5 Å². The highest BCUT2D eigenvalue weighted by Gasteiger charge is 2.18. The van der Waals surface area contributed by atoms with Crippen LogP contribution in [0.15, 0.2) is 73.2 Å². The zero-order valence-electron chi connectivity index (χ0n) is 21.0. The average molecular weight is 506 g/mol. The molecular formula is C28H27N9O. The number of ether oxygens (including phenoxy) is 1. The zero-order valence-corrected chi connectivity index (χ0v) is 21.0. The van der Waals surface area contributed by atoms with Gasteiger partial charge in [-0.15, -0.1) is 10.2 Å². The number of nitrogens with one attached hydrogen (secondary N) is 2. The quantitative estimate of drug-likeness (QED) is 0.296. The second kappa shape index (κ2) is 10.6. The van der Waals surface area contributed by atoms with E-state index in [9.17, 15) is 0 Å². The van der Waals surface area contributed by atoms with E-state index in [-0.39, 0.29) is 0 Å². The topological polar surface area (TPSA) is 114 Å². The number of anilines is 4. The molecule has 38 heavy (non-hydrogen) atoms. The molecule has 2 N–H and O–H groups in total. The molecule has 1 aliphatic heterocycles. The molecule has 0 radical (unpaired) electrons. The smallest absolute Gasteiger partial charge is 0.230 e. The summed E-state index contributed by atoms with van der Waals surface area (Å²) >= 11 is 0. The number of pyridine rings is 2. The molecule has 5 heterocycles. The maximum absolute atomic E-state index is 6.03. The molecule has 6 rings (SSSR count). The lowest BCUT2D eigenvalue weighted by atomic mass is 10.1. The summed E-state index contributed by atoms with van der Waals surface area (Å²) in [5.74, 6) is 2.98. The third-order valence-corrected chi connectivity index (χ3v) is 6.45. The summed E-state index contributed by atoms with van der Waals surface area (Å²) in [6, 6.07) is 17.5. The number of nitrogens with zero attached hydrogens (tertiary/aromatic N) is 7. The minimum Gasteiger partial charge on any atom is -0.420 e. The fraction of sp³-hybridized carbons (Fsp3) is 0.214. The molecule has 0 unspecified atom stereocenters. The van der Waals surface area contributed by atoms with Gasteiger partial charge in [-0.3, -0.25) is 0 Å². The van der Waals surface area contributed by atoms with E-state index >= 15 is 0 Å². The Labute approximate surface area is 220 Å². The van der Waals surface area contributed by atoms with Gasteiger partial charge in [0.2, 0.25) is 17.7 Å². The lowest BCUT2D eigenvalue weighted by Gasteiger charge is -2.28. The molecule has 5 aromatic rings. The van der Waals surface area contributed by atoms with Crippen LogP contribution in [0.4, 0.5) is 23.3 Å². The van der Waals surface area contributed by atoms with Crippen molar-refractivity contribution in [3.05, 3.63) is 73.2 Å². The first kappa shape index (κ1) is 23.5. The van der Waals surface area contributed by atoms with E-state index in [2.05, 4.69) is 57.8 Å². The number of hydrogen-bond acceptors (Lipinski definition) is 10. The molecule has 10 heteroatoms. The van der Waals surface area contributed by atoms with Crippen molar-refractivity contribution in [1.29, 1.82) is 0 Å². The maximum Gasteiger partial charge on any atom is 0.230 e. The van der Waals surface area contributed by atoms with Gasteiger partial charge in [0.25, 0.3) is 0 Å². The predicted octanol–water partition coefficient (Wildman–Crippen LogP) is 5.44. The number of piperidine rings is 1. The van der Waals surface area contributed by atoms with Crippen LogP contribution < -0.4 is 20.3 Å². The third-order valence-electron chi connectivity index (χ3n) is 6.45. The number of hydrogen-bond donors (Lipinski definition) is 2. The minimum atomic E-state index is 0.409. The summed E-state index contributed by atoms with van der Waals surface area (Å²) in [7, 11) is 1.77. The second-order valence-corrected chi connectivity index (χ2v) is 8.95. The molecular weight excluding hydrogens is 478 g/mol. The van der Waals surface area contributed by atoms with Crippen LogP contribution in [0.2, 0.25) is 0 Å². The van der Waals surface area contributed by atoms with Gasteiger partial charge in [-0.1, -0.05) is 24.3 Å². The Morgan fingerprint density at radius 3 is 2.50 bits per heavy atom. The van der Waals surface area contributed by atoms with Crippen molar-refractivity contribution >= 4 is 34.0 Å². The first-order chi connectivity index (χ1) is 18.8. The summed E-state index contributed by atoms with van der Waals surface area (Å²) in [6.07, 6.45) is 8.71. The van der Waals surface area contributed by atoms with Crippen LogP contribution in [0.5, 0.6) is 11.8 Å². The van der Waals surface area contributed by atoms with Gasteiger partial charge in [0.05, 0.1) is 23.1 Å². The zero-order chi connectivity index (χ0) is 25.7. The van der Waals surface area contributed by atoms with Gasteiger partial charge in [0.1, 0.15) is 0 Å². The fourth-order valence-electron chi connectivity index (χ4n) is 4.57. The number of fused-ring (bicyclic) bond motifs is 1. The van der Waals surface area contributed by atoms with E-state index in [0.717, 1.165) is 40.9 Å². The van der Waals surface area contributed by atoms with Gasteiger partial charge >= 0.3 is 0 Å². The Morgan fingerprint density at radius 2 is 1.68 bits per heavy atom. The van der Waals surface area contributed by atoms with Gasteiger partial charge in [0, 0.05) is 49.4 Å². The summed E-state index contributed by atoms with van der Waals surface area (Å²) in [5, 5.41) is 17.6. The molecule has 10 nitrogen and oxygen atoms in total. The van der Waals surface area contributed by atoms with Crippen molar-refractivity contribution in [2.75, 3.05) is 35.7 Å². The van der Waals surface area contributed by atoms with Crippen LogP contribution in [-0.2, 0) is 0 Å². The monoisotopic (exact) mass is 505 g/mol. The Kier molecular flexibility index (Phi) is 6.58. The maximum atomic E-state index is 6.03. The highest BCUT2D eigenvalue weighted by molar-refractivity contribution is 5.99. The molecule has 0 spiro atoms. The highest BCUT2D eigenvalue weighted by Crippen LogP contribution is 2.33. The van der Waals surface area contributed by atoms with E-state index in [0.29, 0.717) is 29.2 Å². The lowest BCUT2D eigenvalue weighted by molar-refractivity contribution is 0.446. The van der Waals surface area contributed by atoms with E-state index in [4.69, 9.17) is 4.74 Å². The van der Waals surface area contributed by atoms with Gasteiger partial charge in [0.15, 0.2) is 11.6 Å². The van der Waals surface area contributed by atoms with Crippen LogP contribution in [-0.4, -0.2) is 50.3 Å². The van der Waals surface area contributed by atoms with Crippen molar-refractivity contribution in [3.63, 3.8) is 0 Å². The van der Waals surface area contributed by atoms with E-state index in [1.165, 1.54) is 19.3 Å². The molecule has 0 bridgehead atoms. The summed E-state index contributed by atoms with van der Waals surface area (Å²) in [5.41, 5.74) is 2.22. The standard InChI is InChI=1S/C28H27N9O/c1-29-28-31-15-13-23(34-28)22-10-7-14-30-27(22)38-24-12-11-19(18-32-24)33-25-20-8-3-4-9-21(20)26(36-35-25)37-16-5-2-6-17-37/h3-4,7-15,18H,2,5-6,16-17H2,1H3,(H,33,35)(H,29,31,34). The first-order valence-corrected chi connectivity index (χ1v) is 12.7. The van der Waals surface area contributed by atoms with Crippen molar-refractivity contribution in [2.24, 2.45) is 0 Å². The van der Waals surface area contributed by atoms with Crippen molar-refractivity contribution in [1.82, 2.24) is 30.1 Å². The molecule has 0 atom stereocenters. The third kappa shape index (κ3) is 4.88. The Morgan fingerprint density at radius 1 is 0.816 bits per heavy atom. The average Bonchev–Trinajstić information content (AvgIpc) is 2.99. The van der Waals surface area contributed by atoms with Gasteiger partial charge < -0.3 is 20.3 Å². The SMILES string of the molecule is CNc1nccc(-c2cccnc2Oc2ccc(Nc3nnc(N4CCCCC4)c4ccccc34)cn2)n1. The predicted molar refractivity (Wildman–Crippen MR) is 148 cm³/mol. The highest BCUT2D eigenvalue weighted by atomic mass is 16.5. The van der Waals surface area contributed by atoms with Crippen LogP contribution in [0.25, 0.3) is 22.0 Å². The lowest BCUT2D eigenvalue weighted by Crippen LogP contribution is -2.30. The second-order valence-electron chi connectivity index (χ2n) is 8.95. The Balaban J connectivity index is 1.22. The molecule has 1 saturated heterocycles. The van der Waals surface area contributed by atoms with Crippen LogP contribution >= 0.6 is 0 Å². The van der Waals surface area contributed by atoms with Crippen molar-refractivity contribution in [2.45, 2.75) is 19.3 Å². The number of rotatable bonds is 7. The van der Waals surface area contributed by atoms with Gasteiger partial charge in [-0.25, -0.2) is 19.9 Å². The summed E-state index contributed by atoms with van der Waals surface area (Å²) in [6.45, 7) is 2.03. The normalized spacial score (nSPS) is 13.3. The Bertz CT molecular complexity index is 1550. The van der Waals surface area contributed by atoms with Crippen LogP contribution in [0.1, 0.15) is 19.3 Å². The van der Waals surface area contributed by atoms with Crippen molar-refractivity contribution < 1.29 is 4.74 Å². The first-order valence-electron chi connectivity index (χ1n) is 12.7. The molecule has 190 valence electrons. The van der Waals surface area contributed by atoms with Crippen molar-refractivity contribution in [3.8, 4) is 23.0 Å². The molecule has 0 amide bonds. The fourth-order valence-corrected chi connectivity index (χ4v) is 4.57. The van der Waals surface area contributed by atoms with Crippen LogP contribution in [0, 0.1) is 0 Å². The Hall–Kier alpha value is -4.86. The van der Waals surface area contributed by atoms with Gasteiger partial charge in [-0.2, -0.15) is 0 Å². The molecule has 1 aromatic carbocycles. The van der Waals surface area contributed by atoms with E-state index in [1.54, 1.807) is 31.7 Å². The summed E-state index contributed by atoms with van der Waals surface area (Å²) < 4.78 is 6.03.